The maximum Gasteiger partial charge on any atom is 0.201 e. The summed E-state index contributed by atoms with van der Waals surface area (Å²) in [6, 6.07) is 8.50. The van der Waals surface area contributed by atoms with E-state index in [9.17, 15) is 13.6 Å². The second-order valence-corrected chi connectivity index (χ2v) is 12.3. The summed E-state index contributed by atoms with van der Waals surface area (Å²) < 4.78 is 34.2. The number of hydrogen-bond acceptors (Lipinski definition) is 6. The van der Waals surface area contributed by atoms with Crippen molar-refractivity contribution in [1.29, 1.82) is 10.8 Å². The zero-order valence-corrected chi connectivity index (χ0v) is 27.4. The second-order valence-electron chi connectivity index (χ2n) is 12.3. The second kappa shape index (κ2) is 15.7. The van der Waals surface area contributed by atoms with Crippen LogP contribution in [-0.4, -0.2) is 30.0 Å². The minimum atomic E-state index is -1.02. The third kappa shape index (κ3) is 8.42. The molecule has 0 saturated carbocycles. The number of halogens is 2. The first-order valence-corrected chi connectivity index (χ1v) is 15.9. The van der Waals surface area contributed by atoms with Gasteiger partial charge in [-0.2, -0.15) is 4.39 Å². The lowest BCUT2D eigenvalue weighted by molar-refractivity contribution is 0.0998. The van der Waals surface area contributed by atoms with Crippen LogP contribution in [0.25, 0.3) is 5.57 Å². The maximum atomic E-state index is 14.9. The van der Waals surface area contributed by atoms with Gasteiger partial charge in [0.1, 0.15) is 0 Å². The molecular formula is C38H44F2N4O2. The van der Waals surface area contributed by atoms with Crippen LogP contribution in [0.15, 0.2) is 77.1 Å². The molecule has 0 bridgehead atoms. The number of unbranched alkanes of at least 4 members (excludes halogenated alkanes) is 1. The van der Waals surface area contributed by atoms with Crippen molar-refractivity contribution in [2.24, 2.45) is 16.8 Å². The van der Waals surface area contributed by atoms with Crippen LogP contribution >= 0.6 is 0 Å². The van der Waals surface area contributed by atoms with Gasteiger partial charge in [-0.05, 0) is 91.5 Å². The zero-order valence-electron chi connectivity index (χ0n) is 27.4. The lowest BCUT2D eigenvalue weighted by Gasteiger charge is -2.22. The molecule has 0 radical (unpaired) electrons. The first-order chi connectivity index (χ1) is 22.0. The summed E-state index contributed by atoms with van der Waals surface area (Å²) in [6.07, 6.45) is 14.1. The van der Waals surface area contributed by atoms with Gasteiger partial charge in [-0.1, -0.05) is 51.5 Å². The molecule has 1 aliphatic heterocycles. The van der Waals surface area contributed by atoms with Gasteiger partial charge in [0.2, 0.25) is 5.82 Å². The number of hydrogen-bond donors (Lipinski definition) is 3. The molecule has 0 amide bonds. The largest absolute Gasteiger partial charge is 0.494 e. The third-order valence-electron chi connectivity index (χ3n) is 8.58. The lowest BCUT2D eigenvalue weighted by atomic mass is 9.90. The zero-order chi connectivity index (χ0) is 33.4. The number of carbonyl (C=O) groups excluding carboxylic acids is 1. The number of rotatable bonds is 14. The smallest absolute Gasteiger partial charge is 0.201 e. The van der Waals surface area contributed by atoms with Gasteiger partial charge >= 0.3 is 0 Å². The van der Waals surface area contributed by atoms with E-state index in [1.54, 1.807) is 12.3 Å². The Morgan fingerprint density at radius 1 is 1.04 bits per heavy atom. The Kier molecular flexibility index (Phi) is 11.7. The number of allylic oxidation sites excluding steroid dienone is 6. The third-order valence-corrected chi connectivity index (χ3v) is 8.58. The van der Waals surface area contributed by atoms with Gasteiger partial charge in [0.25, 0.3) is 0 Å². The van der Waals surface area contributed by atoms with Gasteiger partial charge in [-0.25, -0.2) is 4.39 Å². The van der Waals surface area contributed by atoms with E-state index in [1.807, 2.05) is 64.1 Å². The minimum absolute atomic E-state index is 0.0204. The topological polar surface area (TPSA) is 98.4 Å². The van der Waals surface area contributed by atoms with Crippen molar-refractivity contribution in [3.05, 3.63) is 100 Å². The van der Waals surface area contributed by atoms with Crippen LogP contribution in [0.1, 0.15) is 87.2 Å². The molecule has 4 rings (SSSR count). The summed E-state index contributed by atoms with van der Waals surface area (Å²) >= 11 is 0. The highest BCUT2D eigenvalue weighted by Gasteiger charge is 2.24. The van der Waals surface area contributed by atoms with E-state index in [0.29, 0.717) is 35.4 Å². The van der Waals surface area contributed by atoms with E-state index in [0.717, 1.165) is 53.9 Å². The molecule has 2 aromatic rings. The quantitative estimate of drug-likeness (QED) is 0.111. The van der Waals surface area contributed by atoms with E-state index >= 15 is 0 Å². The Balaban J connectivity index is 1.44. The average molecular weight is 627 g/mol. The maximum absolute atomic E-state index is 14.9. The van der Waals surface area contributed by atoms with Gasteiger partial charge < -0.3 is 20.9 Å². The SMILES string of the molecule is COc1ccc(C2=CN=C3/C(=C\C=C/C/C=C/3Nc3ccc(C(=O)CC(=N)[C@@H](C)CCCCC(=N)C(C)C)c(C)c3)C2)c(F)c1F. The number of Topliss-reactive ketones (excluding diaryl/α,β-unsaturated/α-hetero) is 1. The molecule has 0 aromatic heterocycles. The number of nitrogens with one attached hydrogen (secondary N) is 3. The van der Waals surface area contributed by atoms with E-state index < -0.39 is 11.6 Å². The molecule has 1 aliphatic carbocycles. The van der Waals surface area contributed by atoms with Crippen LogP contribution in [0.2, 0.25) is 0 Å². The molecule has 242 valence electrons. The van der Waals surface area contributed by atoms with Gasteiger partial charge in [0, 0.05) is 47.3 Å². The summed E-state index contributed by atoms with van der Waals surface area (Å²) in [5, 5.41) is 20.0. The fourth-order valence-corrected chi connectivity index (χ4v) is 5.58. The highest BCUT2D eigenvalue weighted by Crippen LogP contribution is 2.34. The Morgan fingerprint density at radius 3 is 2.54 bits per heavy atom. The fourth-order valence-electron chi connectivity index (χ4n) is 5.58. The van der Waals surface area contributed by atoms with Crippen molar-refractivity contribution in [1.82, 2.24) is 0 Å². The van der Waals surface area contributed by atoms with Crippen LogP contribution in [0, 0.1) is 41.2 Å². The predicted octanol–water partition coefficient (Wildman–Crippen LogP) is 9.81. The minimum Gasteiger partial charge on any atom is -0.494 e. The molecule has 2 aliphatic rings. The highest BCUT2D eigenvalue weighted by molar-refractivity contribution is 6.16. The summed E-state index contributed by atoms with van der Waals surface area (Å²) in [6.45, 7) is 7.97. The Hall–Kier alpha value is -4.46. The number of aryl methyl sites for hydroxylation is 1. The number of aliphatic imine (C=N–C) groups is 1. The average Bonchev–Trinajstić information content (AvgIpc) is 3.02. The summed E-state index contributed by atoms with van der Waals surface area (Å²) in [5.74, 6) is -1.91. The highest BCUT2D eigenvalue weighted by atomic mass is 19.2. The molecule has 2 aromatic carbocycles. The Labute approximate surface area is 271 Å². The number of methoxy groups -OCH3 is 1. The normalized spacial score (nSPS) is 18.0. The van der Waals surface area contributed by atoms with Crippen molar-refractivity contribution in [3.63, 3.8) is 0 Å². The standard InChI is InChI=1S/C38H44F2N4O2/c1-23(2)31(41)13-10-9-11-24(3)32(42)21-34(45)29-16-15-28(19-25(29)4)44-33-14-8-6-7-12-26-20-27(22-43-38(26)33)30-17-18-35(46-5)37(40)36(30)39/h6-7,12,14-19,22-24,41-42,44H,8-11,13,20-21H2,1-5H3/b7-6-,26-12-,33-14-,41-31?,42-32?/t24-/m0/s1. The van der Waals surface area contributed by atoms with Gasteiger partial charge in [0.15, 0.2) is 17.3 Å². The van der Waals surface area contributed by atoms with E-state index in [4.69, 9.17) is 15.6 Å². The first-order valence-electron chi connectivity index (χ1n) is 15.9. The van der Waals surface area contributed by atoms with Crippen LogP contribution in [-0.2, 0) is 0 Å². The molecule has 8 heteroatoms. The number of nitrogens with zero attached hydrogens (tertiary/aromatic N) is 1. The van der Waals surface area contributed by atoms with Crippen LogP contribution in [0.5, 0.6) is 5.75 Å². The summed E-state index contributed by atoms with van der Waals surface area (Å²) in [7, 11) is 1.30. The number of carbonyl (C=O) groups is 1. The number of anilines is 1. The van der Waals surface area contributed by atoms with Gasteiger partial charge in [-0.15, -0.1) is 0 Å². The summed E-state index contributed by atoms with van der Waals surface area (Å²) in [4.78, 5) is 17.9. The molecule has 1 heterocycles. The van der Waals surface area contributed by atoms with Crippen molar-refractivity contribution in [3.8, 4) is 5.75 Å². The van der Waals surface area contributed by atoms with Crippen LogP contribution in [0.3, 0.4) is 0 Å². The predicted molar refractivity (Wildman–Crippen MR) is 185 cm³/mol. The molecular weight excluding hydrogens is 582 g/mol. The van der Waals surface area contributed by atoms with Crippen molar-refractivity contribution in [2.75, 3.05) is 12.4 Å². The molecule has 46 heavy (non-hydrogen) atoms. The molecule has 6 nitrogen and oxygen atoms in total. The van der Waals surface area contributed by atoms with Crippen LogP contribution in [0.4, 0.5) is 14.5 Å². The van der Waals surface area contributed by atoms with Gasteiger partial charge in [0.05, 0.1) is 18.5 Å². The molecule has 0 fully saturated rings. The Bertz CT molecular complexity index is 1660. The molecule has 1 atom stereocenters. The summed E-state index contributed by atoms with van der Waals surface area (Å²) in [5.41, 5.74) is 6.47. The van der Waals surface area contributed by atoms with Crippen LogP contribution < -0.4 is 10.1 Å². The fraction of sp³-hybridized carbons (Fsp3) is 0.368. The first kappa shape index (κ1) is 34.4. The monoisotopic (exact) mass is 626 g/mol. The number of benzene rings is 2. The molecule has 0 spiro atoms. The van der Waals surface area contributed by atoms with E-state index in [-0.39, 0.29) is 35.4 Å². The van der Waals surface area contributed by atoms with Crippen molar-refractivity contribution in [2.45, 2.75) is 72.6 Å². The molecule has 0 saturated heterocycles. The number of ketones is 1. The van der Waals surface area contributed by atoms with Crippen molar-refractivity contribution < 1.29 is 18.3 Å². The molecule has 3 N–H and O–H groups in total. The van der Waals surface area contributed by atoms with Gasteiger partial charge in [-0.3, -0.25) is 9.79 Å². The number of fused-ring (bicyclic) bond motifs is 1. The lowest BCUT2D eigenvalue weighted by Crippen LogP contribution is -2.18. The Morgan fingerprint density at radius 2 is 1.83 bits per heavy atom. The van der Waals surface area contributed by atoms with Crippen molar-refractivity contribution >= 4 is 34.2 Å². The van der Waals surface area contributed by atoms with E-state index in [1.165, 1.54) is 19.2 Å². The molecule has 0 unspecified atom stereocenters. The van der Waals surface area contributed by atoms with E-state index in [2.05, 4.69) is 10.3 Å². The number of ether oxygens (including phenoxy) is 1.